The van der Waals surface area contributed by atoms with Gasteiger partial charge < -0.3 is 0 Å². The summed E-state index contributed by atoms with van der Waals surface area (Å²) in [6.45, 7) is 2.16. The number of nitrogens with zero attached hydrogens (tertiary/aromatic N) is 4. The zero-order chi connectivity index (χ0) is 18.3. The molecule has 130 valence electrons. The molecule has 3 heterocycles. The Labute approximate surface area is 168 Å². The van der Waals surface area contributed by atoms with E-state index in [1.807, 2.05) is 0 Å². The Bertz CT molecular complexity index is 1560. The molecule has 0 bridgehead atoms. The van der Waals surface area contributed by atoms with E-state index in [4.69, 9.17) is 4.98 Å². The molecule has 27 heavy (non-hydrogen) atoms. The van der Waals surface area contributed by atoms with Crippen LogP contribution in [-0.4, -0.2) is 13.8 Å². The number of fused-ring (bicyclic) bond motifs is 10. The summed E-state index contributed by atoms with van der Waals surface area (Å²) >= 11 is 2.43. The molecule has 0 radical (unpaired) electrons. The SMILES string of the molecule is Cc1cccc2nc3c4ccccc4n4c5cccc(I)c5[n+](C)c4n3c12. The summed E-state index contributed by atoms with van der Waals surface area (Å²) in [6, 6.07) is 21.4. The second-order valence-corrected chi connectivity index (χ2v) is 8.19. The fourth-order valence-corrected chi connectivity index (χ4v) is 5.24. The van der Waals surface area contributed by atoms with Crippen molar-refractivity contribution in [1.29, 1.82) is 0 Å². The Morgan fingerprint density at radius 1 is 0.889 bits per heavy atom. The predicted octanol–water partition coefficient (Wildman–Crippen LogP) is 4.78. The first-order chi connectivity index (χ1) is 13.2. The van der Waals surface area contributed by atoms with E-state index >= 15 is 0 Å². The number of aryl methyl sites for hydroxylation is 2. The van der Waals surface area contributed by atoms with E-state index in [0.717, 1.165) is 22.3 Å². The summed E-state index contributed by atoms with van der Waals surface area (Å²) < 4.78 is 8.23. The van der Waals surface area contributed by atoms with Gasteiger partial charge in [0.1, 0.15) is 22.1 Å². The predicted molar refractivity (Wildman–Crippen MR) is 117 cm³/mol. The van der Waals surface area contributed by atoms with Crippen molar-refractivity contribution in [3.8, 4) is 0 Å². The van der Waals surface area contributed by atoms with Gasteiger partial charge in [-0.3, -0.25) is 0 Å². The van der Waals surface area contributed by atoms with Gasteiger partial charge in [0, 0.05) is 0 Å². The van der Waals surface area contributed by atoms with Crippen molar-refractivity contribution in [2.75, 3.05) is 0 Å². The molecule has 0 spiro atoms. The van der Waals surface area contributed by atoms with Crippen molar-refractivity contribution in [2.24, 2.45) is 7.05 Å². The van der Waals surface area contributed by atoms with Crippen molar-refractivity contribution in [3.63, 3.8) is 0 Å². The minimum Gasteiger partial charge on any atom is -0.229 e. The number of hydrogen-bond acceptors (Lipinski definition) is 1. The van der Waals surface area contributed by atoms with Crippen LogP contribution in [0.4, 0.5) is 0 Å². The quantitative estimate of drug-likeness (QED) is 0.235. The summed E-state index contributed by atoms with van der Waals surface area (Å²) in [7, 11) is 2.15. The lowest BCUT2D eigenvalue weighted by molar-refractivity contribution is -0.621. The minimum atomic E-state index is 1.01. The lowest BCUT2D eigenvalue weighted by atomic mass is 10.2. The van der Waals surface area contributed by atoms with E-state index in [1.165, 1.54) is 31.2 Å². The standard InChI is InChI=1S/C22H16IN4/c1-13-7-5-10-16-19(13)27-21(24-16)14-8-3-4-11-17(14)26-18-12-6-9-15(23)20(18)25(2)22(26)27/h3-12H,1-2H3/q+1. The lowest BCUT2D eigenvalue weighted by Gasteiger charge is -2.02. The molecular weight excluding hydrogens is 447 g/mol. The Kier molecular flexibility index (Phi) is 2.96. The summed E-state index contributed by atoms with van der Waals surface area (Å²) in [5.41, 5.74) is 8.09. The zero-order valence-corrected chi connectivity index (χ0v) is 17.1. The number of rotatable bonds is 0. The van der Waals surface area contributed by atoms with Gasteiger partial charge in [-0.2, -0.15) is 8.80 Å². The highest BCUT2D eigenvalue weighted by atomic mass is 127. The van der Waals surface area contributed by atoms with E-state index in [9.17, 15) is 0 Å². The van der Waals surface area contributed by atoms with Crippen LogP contribution in [0.2, 0.25) is 0 Å². The van der Waals surface area contributed by atoms with E-state index in [-0.39, 0.29) is 0 Å². The van der Waals surface area contributed by atoms with Crippen LogP contribution >= 0.6 is 22.6 Å². The summed E-state index contributed by atoms with van der Waals surface area (Å²) in [5, 5.41) is 1.16. The smallest absolute Gasteiger partial charge is 0.229 e. The van der Waals surface area contributed by atoms with Crippen LogP contribution < -0.4 is 4.57 Å². The summed E-state index contributed by atoms with van der Waals surface area (Å²) in [5.74, 6) is 1.12. The molecule has 3 aromatic heterocycles. The second-order valence-electron chi connectivity index (χ2n) is 7.03. The van der Waals surface area contributed by atoms with Crippen molar-refractivity contribution in [3.05, 3.63) is 69.8 Å². The molecule has 6 aromatic rings. The van der Waals surface area contributed by atoms with Crippen molar-refractivity contribution < 1.29 is 4.57 Å². The fraction of sp³-hybridized carbons (Fsp3) is 0.0909. The number of para-hydroxylation sites is 3. The Morgan fingerprint density at radius 3 is 2.56 bits per heavy atom. The van der Waals surface area contributed by atoms with Crippen LogP contribution in [0.15, 0.2) is 60.7 Å². The first-order valence-electron chi connectivity index (χ1n) is 8.94. The van der Waals surface area contributed by atoms with E-state index in [0.29, 0.717) is 0 Å². The van der Waals surface area contributed by atoms with Gasteiger partial charge in [-0.1, -0.05) is 30.3 Å². The first-order valence-corrected chi connectivity index (χ1v) is 10.0. The molecule has 0 fully saturated rings. The molecule has 0 aliphatic rings. The lowest BCUT2D eigenvalue weighted by Crippen LogP contribution is -2.30. The van der Waals surface area contributed by atoms with Gasteiger partial charge in [0.25, 0.3) is 0 Å². The average Bonchev–Trinajstić information content (AvgIpc) is 3.20. The molecule has 0 saturated carbocycles. The minimum absolute atomic E-state index is 1.01. The van der Waals surface area contributed by atoms with Crippen LogP contribution in [0.25, 0.3) is 44.4 Å². The number of halogens is 1. The Hall–Kier alpha value is -2.67. The molecule has 0 saturated heterocycles. The molecule has 0 amide bonds. The van der Waals surface area contributed by atoms with Crippen molar-refractivity contribution in [2.45, 2.75) is 6.92 Å². The molecule has 0 aliphatic heterocycles. The highest BCUT2D eigenvalue weighted by molar-refractivity contribution is 14.1. The first kappa shape index (κ1) is 15.4. The highest BCUT2D eigenvalue weighted by Gasteiger charge is 2.26. The van der Waals surface area contributed by atoms with Crippen molar-refractivity contribution >= 4 is 67.0 Å². The van der Waals surface area contributed by atoms with Gasteiger partial charge >= 0.3 is 5.78 Å². The summed E-state index contributed by atoms with van der Waals surface area (Å²) in [4.78, 5) is 5.02. The number of imidazole rings is 2. The van der Waals surface area contributed by atoms with E-state index < -0.39 is 0 Å². The molecule has 4 nitrogen and oxygen atoms in total. The van der Waals surface area contributed by atoms with Gasteiger partial charge in [-0.15, -0.1) is 0 Å². The molecule has 3 aromatic carbocycles. The maximum atomic E-state index is 5.02. The molecule has 6 rings (SSSR count). The third-order valence-electron chi connectivity index (χ3n) is 5.51. The maximum absolute atomic E-state index is 5.02. The summed E-state index contributed by atoms with van der Waals surface area (Å²) in [6.07, 6.45) is 0. The topological polar surface area (TPSA) is 25.6 Å². The monoisotopic (exact) mass is 463 g/mol. The van der Waals surface area contributed by atoms with E-state index in [2.05, 4.69) is 111 Å². The van der Waals surface area contributed by atoms with Crippen molar-refractivity contribution in [1.82, 2.24) is 13.8 Å². The van der Waals surface area contributed by atoms with Gasteiger partial charge in [0.2, 0.25) is 5.65 Å². The number of aromatic nitrogens is 4. The van der Waals surface area contributed by atoms with Crippen LogP contribution in [-0.2, 0) is 7.05 Å². The molecule has 5 heteroatoms. The van der Waals surface area contributed by atoms with Gasteiger partial charge in [-0.25, -0.2) is 9.55 Å². The normalized spacial score (nSPS) is 12.3. The maximum Gasteiger partial charge on any atom is 0.377 e. The average molecular weight is 463 g/mol. The Morgan fingerprint density at radius 2 is 1.67 bits per heavy atom. The van der Waals surface area contributed by atoms with Gasteiger partial charge in [-0.05, 0) is 65.4 Å². The van der Waals surface area contributed by atoms with Gasteiger partial charge in [0.15, 0.2) is 5.52 Å². The van der Waals surface area contributed by atoms with Crippen LogP contribution in [0.3, 0.4) is 0 Å². The molecule has 0 unspecified atom stereocenters. The third-order valence-corrected chi connectivity index (χ3v) is 6.38. The molecule has 0 atom stereocenters. The van der Waals surface area contributed by atoms with E-state index in [1.54, 1.807) is 0 Å². The zero-order valence-electron chi connectivity index (χ0n) is 14.9. The second kappa shape index (κ2) is 5.19. The largest absolute Gasteiger partial charge is 0.377 e. The van der Waals surface area contributed by atoms with Crippen LogP contribution in [0, 0.1) is 10.5 Å². The highest BCUT2D eigenvalue weighted by Crippen LogP contribution is 2.31. The third kappa shape index (κ3) is 1.82. The fourth-order valence-electron chi connectivity index (χ4n) is 4.39. The number of benzene rings is 3. The molecule has 0 aliphatic carbocycles. The van der Waals surface area contributed by atoms with Gasteiger partial charge in [0.05, 0.1) is 16.0 Å². The van der Waals surface area contributed by atoms with Crippen LogP contribution in [0.5, 0.6) is 0 Å². The van der Waals surface area contributed by atoms with Crippen LogP contribution in [0.1, 0.15) is 5.56 Å². The molecule has 0 N–H and O–H groups in total. The Balaban J connectivity index is 2.11. The number of hydrogen-bond donors (Lipinski definition) is 0. The molecular formula is C22H16IN4+.